The Morgan fingerprint density at radius 3 is 2.75 bits per heavy atom. The summed E-state index contributed by atoms with van der Waals surface area (Å²) in [6, 6.07) is 3.68. The number of urea groups is 1. The molecule has 1 aromatic rings. The second kappa shape index (κ2) is 5.60. The SMILES string of the molecule is Cc1ccc(NC(=O)CCC2NC(=O)NC2=O)c(O)c1. The first-order valence-electron chi connectivity index (χ1n) is 6.16. The second-order valence-corrected chi connectivity index (χ2v) is 4.62. The van der Waals surface area contributed by atoms with Crippen LogP contribution in [0.4, 0.5) is 10.5 Å². The van der Waals surface area contributed by atoms with Crippen molar-refractivity contribution in [3.05, 3.63) is 23.8 Å². The van der Waals surface area contributed by atoms with E-state index >= 15 is 0 Å². The summed E-state index contributed by atoms with van der Waals surface area (Å²) in [6.07, 6.45) is 0.266. The number of phenols is 1. The Bertz CT molecular complexity index is 571. The van der Waals surface area contributed by atoms with Crippen LogP contribution in [-0.2, 0) is 9.59 Å². The molecule has 2 rings (SSSR count). The lowest BCUT2D eigenvalue weighted by molar-refractivity contribution is -0.120. The first-order chi connectivity index (χ1) is 9.45. The van der Waals surface area contributed by atoms with Gasteiger partial charge in [0, 0.05) is 6.42 Å². The quantitative estimate of drug-likeness (QED) is 0.478. The molecule has 1 aromatic carbocycles. The van der Waals surface area contributed by atoms with Gasteiger partial charge in [0.15, 0.2) is 0 Å². The number of imide groups is 1. The van der Waals surface area contributed by atoms with Gasteiger partial charge in [0.1, 0.15) is 11.8 Å². The summed E-state index contributed by atoms with van der Waals surface area (Å²) in [4.78, 5) is 33.9. The number of carbonyl (C=O) groups is 3. The van der Waals surface area contributed by atoms with Crippen LogP contribution in [0.15, 0.2) is 18.2 Å². The minimum Gasteiger partial charge on any atom is -0.506 e. The summed E-state index contributed by atoms with van der Waals surface area (Å²) in [7, 11) is 0. The predicted octanol–water partition coefficient (Wildman–Crippen LogP) is 0.627. The Kier molecular flexibility index (Phi) is 3.88. The molecule has 1 fully saturated rings. The molecule has 7 nitrogen and oxygen atoms in total. The van der Waals surface area contributed by atoms with Gasteiger partial charge in [-0.05, 0) is 31.0 Å². The van der Waals surface area contributed by atoms with E-state index in [1.165, 1.54) is 0 Å². The Labute approximate surface area is 115 Å². The van der Waals surface area contributed by atoms with E-state index in [9.17, 15) is 19.5 Å². The number of carbonyl (C=O) groups excluding carboxylic acids is 3. The first-order valence-corrected chi connectivity index (χ1v) is 6.16. The zero-order chi connectivity index (χ0) is 14.7. The molecule has 7 heteroatoms. The van der Waals surface area contributed by atoms with E-state index in [2.05, 4.69) is 16.0 Å². The topological polar surface area (TPSA) is 108 Å². The van der Waals surface area contributed by atoms with E-state index < -0.39 is 18.0 Å². The average Bonchev–Trinajstić information content (AvgIpc) is 2.69. The van der Waals surface area contributed by atoms with Crippen molar-refractivity contribution in [1.82, 2.24) is 10.6 Å². The van der Waals surface area contributed by atoms with E-state index in [0.717, 1.165) is 5.56 Å². The molecule has 1 aliphatic heterocycles. The maximum atomic E-state index is 11.7. The van der Waals surface area contributed by atoms with Crippen molar-refractivity contribution >= 4 is 23.5 Å². The number of benzene rings is 1. The van der Waals surface area contributed by atoms with Crippen LogP contribution in [0.5, 0.6) is 5.75 Å². The fraction of sp³-hybridized carbons (Fsp3) is 0.308. The fourth-order valence-corrected chi connectivity index (χ4v) is 1.90. The smallest absolute Gasteiger partial charge is 0.322 e. The first kappa shape index (κ1) is 13.9. The summed E-state index contributed by atoms with van der Waals surface area (Å²) < 4.78 is 0. The third kappa shape index (κ3) is 3.25. The number of hydrogen-bond acceptors (Lipinski definition) is 4. The molecular formula is C13H15N3O4. The molecule has 20 heavy (non-hydrogen) atoms. The molecule has 106 valence electrons. The van der Waals surface area contributed by atoms with Crippen molar-refractivity contribution in [3.63, 3.8) is 0 Å². The zero-order valence-corrected chi connectivity index (χ0v) is 10.9. The molecule has 1 heterocycles. The largest absolute Gasteiger partial charge is 0.506 e. The third-order valence-corrected chi connectivity index (χ3v) is 2.95. The molecule has 0 aromatic heterocycles. The van der Waals surface area contributed by atoms with Gasteiger partial charge < -0.3 is 15.7 Å². The molecule has 1 atom stereocenters. The maximum absolute atomic E-state index is 11.7. The van der Waals surface area contributed by atoms with Gasteiger partial charge in [-0.1, -0.05) is 6.07 Å². The highest BCUT2D eigenvalue weighted by Crippen LogP contribution is 2.24. The number of nitrogens with one attached hydrogen (secondary N) is 3. The molecule has 0 radical (unpaired) electrons. The second-order valence-electron chi connectivity index (χ2n) is 4.62. The number of aryl methyl sites for hydroxylation is 1. The monoisotopic (exact) mass is 277 g/mol. The van der Waals surface area contributed by atoms with Gasteiger partial charge in [-0.25, -0.2) is 4.79 Å². The van der Waals surface area contributed by atoms with Crippen LogP contribution in [-0.4, -0.2) is 29.0 Å². The number of phenolic OH excluding ortho intramolecular Hbond substituents is 1. The summed E-state index contributed by atoms with van der Waals surface area (Å²) in [6.45, 7) is 1.83. The van der Waals surface area contributed by atoms with Gasteiger partial charge in [0.25, 0.3) is 5.91 Å². The fourth-order valence-electron chi connectivity index (χ4n) is 1.90. The normalized spacial score (nSPS) is 17.6. The summed E-state index contributed by atoms with van der Waals surface area (Å²) in [5, 5.41) is 16.7. The highest BCUT2D eigenvalue weighted by molar-refractivity contribution is 6.04. The van der Waals surface area contributed by atoms with Crippen LogP contribution in [0, 0.1) is 6.92 Å². The average molecular weight is 277 g/mol. The van der Waals surface area contributed by atoms with Crippen molar-refractivity contribution in [2.75, 3.05) is 5.32 Å². The van der Waals surface area contributed by atoms with E-state index in [1.807, 2.05) is 6.92 Å². The number of hydrogen-bond donors (Lipinski definition) is 4. The highest BCUT2D eigenvalue weighted by Gasteiger charge is 2.29. The molecule has 0 spiro atoms. The Hall–Kier alpha value is -2.57. The standard InChI is InChI=1S/C13H15N3O4/c1-7-2-3-8(10(17)6-7)14-11(18)5-4-9-12(19)16-13(20)15-9/h2-3,6,9,17H,4-5H2,1H3,(H,14,18)(H2,15,16,19,20). The van der Waals surface area contributed by atoms with Crippen LogP contribution < -0.4 is 16.0 Å². The van der Waals surface area contributed by atoms with Crippen molar-refractivity contribution in [2.24, 2.45) is 0 Å². The summed E-state index contributed by atoms with van der Waals surface area (Å²) in [5.74, 6) is -0.774. The molecule has 0 aliphatic carbocycles. The van der Waals surface area contributed by atoms with Crippen LogP contribution in [0.1, 0.15) is 18.4 Å². The lowest BCUT2D eigenvalue weighted by Crippen LogP contribution is -2.30. The van der Waals surface area contributed by atoms with E-state index in [0.29, 0.717) is 5.69 Å². The maximum Gasteiger partial charge on any atom is 0.322 e. The molecule has 4 amide bonds. The van der Waals surface area contributed by atoms with Crippen LogP contribution in [0.25, 0.3) is 0 Å². The van der Waals surface area contributed by atoms with Gasteiger partial charge in [-0.3, -0.25) is 14.9 Å². The predicted molar refractivity (Wildman–Crippen MR) is 71.2 cm³/mol. The van der Waals surface area contributed by atoms with E-state index in [-0.39, 0.29) is 24.5 Å². The number of aromatic hydroxyl groups is 1. The number of anilines is 1. The van der Waals surface area contributed by atoms with Crippen molar-refractivity contribution in [3.8, 4) is 5.75 Å². The number of amides is 4. The minimum absolute atomic E-state index is 0.00902. The lowest BCUT2D eigenvalue weighted by Gasteiger charge is -2.09. The van der Waals surface area contributed by atoms with Crippen LogP contribution >= 0.6 is 0 Å². The molecule has 4 N–H and O–H groups in total. The van der Waals surface area contributed by atoms with Gasteiger partial charge in [-0.2, -0.15) is 0 Å². The number of rotatable bonds is 4. The van der Waals surface area contributed by atoms with E-state index in [1.54, 1.807) is 18.2 Å². The van der Waals surface area contributed by atoms with Crippen LogP contribution in [0.3, 0.4) is 0 Å². The van der Waals surface area contributed by atoms with Gasteiger partial charge >= 0.3 is 6.03 Å². The Morgan fingerprint density at radius 2 is 2.15 bits per heavy atom. The Balaban J connectivity index is 1.86. The van der Waals surface area contributed by atoms with E-state index in [4.69, 9.17) is 0 Å². The minimum atomic E-state index is -0.681. The Morgan fingerprint density at radius 1 is 1.40 bits per heavy atom. The van der Waals surface area contributed by atoms with Gasteiger partial charge in [0.2, 0.25) is 5.91 Å². The molecule has 0 bridgehead atoms. The summed E-state index contributed by atoms with van der Waals surface area (Å²) >= 11 is 0. The van der Waals surface area contributed by atoms with Gasteiger partial charge in [-0.15, -0.1) is 0 Å². The van der Waals surface area contributed by atoms with Crippen molar-refractivity contribution in [2.45, 2.75) is 25.8 Å². The van der Waals surface area contributed by atoms with Crippen molar-refractivity contribution in [1.29, 1.82) is 0 Å². The van der Waals surface area contributed by atoms with Crippen molar-refractivity contribution < 1.29 is 19.5 Å². The molecule has 0 saturated carbocycles. The molecular weight excluding hydrogens is 262 g/mol. The zero-order valence-electron chi connectivity index (χ0n) is 10.9. The highest BCUT2D eigenvalue weighted by atomic mass is 16.3. The molecule has 1 saturated heterocycles. The van der Waals surface area contributed by atoms with Crippen LogP contribution in [0.2, 0.25) is 0 Å². The summed E-state index contributed by atoms with van der Waals surface area (Å²) in [5.41, 5.74) is 1.20. The molecule has 1 aliphatic rings. The lowest BCUT2D eigenvalue weighted by atomic mass is 10.1. The molecule has 1 unspecified atom stereocenters. The third-order valence-electron chi connectivity index (χ3n) is 2.95. The van der Waals surface area contributed by atoms with Gasteiger partial charge in [0.05, 0.1) is 5.69 Å².